The van der Waals surface area contributed by atoms with Gasteiger partial charge in [-0.05, 0) is 12.1 Å². The number of hydrogen-bond donors (Lipinski definition) is 1. The Hall–Kier alpha value is -3.49. The van der Waals surface area contributed by atoms with Gasteiger partial charge in [0.2, 0.25) is 5.76 Å². The highest BCUT2D eigenvalue weighted by Gasteiger charge is 2.39. The Morgan fingerprint density at radius 2 is 1.73 bits per heavy atom. The van der Waals surface area contributed by atoms with Crippen LogP contribution >= 0.6 is 0 Å². The molecule has 0 spiro atoms. The quantitative estimate of drug-likeness (QED) is 0.797. The molecular weight excluding hydrogens is 294 g/mol. The maximum Gasteiger partial charge on any atom is 0.401 e. The summed E-state index contributed by atoms with van der Waals surface area (Å²) < 4.78 is 4.57. The first-order valence-corrected chi connectivity index (χ1v) is 5.95. The highest BCUT2D eigenvalue weighted by Crippen LogP contribution is 2.23. The van der Waals surface area contributed by atoms with Gasteiger partial charge in [0.25, 0.3) is 17.7 Å². The number of carbonyl (C=O) groups is 4. The number of aromatic nitrogens is 1. The summed E-state index contributed by atoms with van der Waals surface area (Å²) in [5.41, 5.74) is 4.92. The van der Waals surface area contributed by atoms with Crippen LogP contribution in [0.25, 0.3) is 0 Å². The van der Waals surface area contributed by atoms with Gasteiger partial charge in [-0.25, -0.2) is 4.79 Å². The van der Waals surface area contributed by atoms with Crippen LogP contribution in [0.5, 0.6) is 0 Å². The molecule has 0 fully saturated rings. The molecule has 0 bridgehead atoms. The van der Waals surface area contributed by atoms with Crippen molar-refractivity contribution < 1.29 is 28.5 Å². The largest absolute Gasteiger partial charge is 0.401 e. The molecule has 1 aromatic carbocycles. The van der Waals surface area contributed by atoms with Gasteiger partial charge in [-0.15, -0.1) is 0 Å². The van der Waals surface area contributed by atoms with Crippen molar-refractivity contribution in [2.75, 3.05) is 0 Å². The third-order valence-corrected chi connectivity index (χ3v) is 2.89. The molecule has 2 heterocycles. The fourth-order valence-corrected chi connectivity index (χ4v) is 1.87. The predicted octanol–water partition coefficient (Wildman–Crippen LogP) is 0.142. The lowest BCUT2D eigenvalue weighted by Crippen LogP contribution is -2.32. The Balaban J connectivity index is 1.82. The highest BCUT2D eigenvalue weighted by molar-refractivity contribution is 6.21. The molecule has 2 aromatic rings. The first-order valence-electron chi connectivity index (χ1n) is 5.95. The zero-order chi connectivity index (χ0) is 15.9. The van der Waals surface area contributed by atoms with Gasteiger partial charge in [0, 0.05) is 6.07 Å². The topological polar surface area (TPSA) is 133 Å². The van der Waals surface area contributed by atoms with Gasteiger partial charge < -0.3 is 15.1 Å². The monoisotopic (exact) mass is 301 g/mol. The summed E-state index contributed by atoms with van der Waals surface area (Å²) in [7, 11) is 0. The third-order valence-electron chi connectivity index (χ3n) is 2.89. The Bertz CT molecular complexity index is 790. The standard InChI is InChI=1S/C13H7N3O6/c14-10(17)8-5-9(21-15-8)13(20)22-16-11(18)6-3-1-2-4-7(6)12(16)19/h1-5H,(H2,14,17). The van der Waals surface area contributed by atoms with Crippen LogP contribution in [0.3, 0.4) is 0 Å². The van der Waals surface area contributed by atoms with E-state index in [0.717, 1.165) is 6.07 Å². The minimum Gasteiger partial charge on any atom is -0.364 e. The van der Waals surface area contributed by atoms with E-state index in [-0.39, 0.29) is 16.8 Å². The van der Waals surface area contributed by atoms with Gasteiger partial charge >= 0.3 is 5.97 Å². The molecule has 3 rings (SSSR count). The normalized spacial score (nSPS) is 13.2. The summed E-state index contributed by atoms with van der Waals surface area (Å²) in [4.78, 5) is 51.4. The van der Waals surface area contributed by atoms with Gasteiger partial charge in [-0.3, -0.25) is 14.4 Å². The fraction of sp³-hybridized carbons (Fsp3) is 0. The van der Waals surface area contributed by atoms with E-state index in [1.807, 2.05) is 0 Å². The molecule has 22 heavy (non-hydrogen) atoms. The lowest BCUT2D eigenvalue weighted by molar-refractivity contribution is -0.0607. The highest BCUT2D eigenvalue weighted by atomic mass is 16.7. The van der Waals surface area contributed by atoms with E-state index in [1.54, 1.807) is 12.1 Å². The number of fused-ring (bicyclic) bond motifs is 1. The molecule has 0 saturated heterocycles. The summed E-state index contributed by atoms with van der Waals surface area (Å²) in [6.07, 6.45) is 0. The molecule has 0 aliphatic carbocycles. The Morgan fingerprint density at radius 1 is 1.14 bits per heavy atom. The fourth-order valence-electron chi connectivity index (χ4n) is 1.87. The zero-order valence-corrected chi connectivity index (χ0v) is 10.8. The van der Waals surface area contributed by atoms with Gasteiger partial charge in [0.15, 0.2) is 5.69 Å². The summed E-state index contributed by atoms with van der Waals surface area (Å²) in [5.74, 6) is -4.07. The molecule has 2 N–H and O–H groups in total. The minimum absolute atomic E-state index is 0.121. The molecular formula is C13H7N3O6. The van der Waals surface area contributed by atoms with Crippen LogP contribution in [0, 0.1) is 0 Å². The Labute approximate surface area is 122 Å². The van der Waals surface area contributed by atoms with E-state index in [9.17, 15) is 19.2 Å². The molecule has 1 aromatic heterocycles. The number of rotatable bonds is 3. The van der Waals surface area contributed by atoms with Crippen LogP contribution in [-0.4, -0.2) is 33.9 Å². The van der Waals surface area contributed by atoms with E-state index in [1.165, 1.54) is 12.1 Å². The molecule has 0 saturated carbocycles. The van der Waals surface area contributed by atoms with Crippen LogP contribution < -0.4 is 5.73 Å². The first kappa shape index (κ1) is 13.5. The summed E-state index contributed by atoms with van der Waals surface area (Å²) in [6.45, 7) is 0. The lowest BCUT2D eigenvalue weighted by Gasteiger charge is -2.10. The number of carbonyl (C=O) groups excluding carboxylic acids is 4. The van der Waals surface area contributed by atoms with Crippen molar-refractivity contribution in [2.24, 2.45) is 5.73 Å². The van der Waals surface area contributed by atoms with E-state index >= 15 is 0 Å². The van der Waals surface area contributed by atoms with E-state index < -0.39 is 29.5 Å². The molecule has 9 heteroatoms. The number of imide groups is 1. The van der Waals surface area contributed by atoms with Crippen LogP contribution in [0.1, 0.15) is 41.8 Å². The van der Waals surface area contributed by atoms with E-state index in [2.05, 4.69) is 9.68 Å². The third kappa shape index (κ3) is 2.00. The smallest absolute Gasteiger partial charge is 0.364 e. The summed E-state index contributed by atoms with van der Waals surface area (Å²) >= 11 is 0. The molecule has 0 radical (unpaired) electrons. The molecule has 1 aliphatic rings. The number of primary amides is 1. The van der Waals surface area contributed by atoms with Crippen LogP contribution in [0.2, 0.25) is 0 Å². The second-order valence-electron chi connectivity index (χ2n) is 4.27. The van der Waals surface area contributed by atoms with Crippen molar-refractivity contribution in [2.45, 2.75) is 0 Å². The summed E-state index contributed by atoms with van der Waals surface area (Å²) in [5, 5.41) is 3.57. The van der Waals surface area contributed by atoms with Crippen molar-refractivity contribution in [1.82, 2.24) is 10.2 Å². The maximum atomic E-state index is 12.0. The number of hydrogen-bond acceptors (Lipinski definition) is 7. The zero-order valence-electron chi connectivity index (χ0n) is 10.8. The second-order valence-corrected chi connectivity index (χ2v) is 4.27. The SMILES string of the molecule is NC(=O)c1cc(C(=O)ON2C(=O)c3ccccc3C2=O)on1. The van der Waals surface area contributed by atoms with E-state index in [4.69, 9.17) is 10.6 Å². The number of benzene rings is 1. The molecule has 3 amide bonds. The van der Waals surface area contributed by atoms with Gasteiger partial charge in [0.1, 0.15) is 0 Å². The van der Waals surface area contributed by atoms with Crippen LogP contribution in [0.15, 0.2) is 34.9 Å². The van der Waals surface area contributed by atoms with Crippen LogP contribution in [0.4, 0.5) is 0 Å². The van der Waals surface area contributed by atoms with Crippen molar-refractivity contribution >= 4 is 23.7 Å². The molecule has 1 aliphatic heterocycles. The molecule has 9 nitrogen and oxygen atoms in total. The maximum absolute atomic E-state index is 12.0. The van der Waals surface area contributed by atoms with Crippen LogP contribution in [-0.2, 0) is 4.84 Å². The number of nitrogens with two attached hydrogens (primary N) is 1. The van der Waals surface area contributed by atoms with Gasteiger partial charge in [-0.1, -0.05) is 22.4 Å². The van der Waals surface area contributed by atoms with Crippen molar-refractivity contribution in [1.29, 1.82) is 0 Å². The Kier molecular flexibility index (Phi) is 2.95. The molecule has 110 valence electrons. The second kappa shape index (κ2) is 4.81. The molecule has 0 atom stereocenters. The summed E-state index contributed by atoms with van der Waals surface area (Å²) in [6, 6.07) is 6.96. The molecule has 0 unspecified atom stereocenters. The number of hydroxylamine groups is 2. The average Bonchev–Trinajstić information content (AvgIpc) is 3.08. The van der Waals surface area contributed by atoms with Crippen molar-refractivity contribution in [3.63, 3.8) is 0 Å². The number of amides is 3. The van der Waals surface area contributed by atoms with Crippen molar-refractivity contribution in [3.8, 4) is 0 Å². The van der Waals surface area contributed by atoms with Gasteiger partial charge in [0.05, 0.1) is 11.1 Å². The van der Waals surface area contributed by atoms with E-state index in [0.29, 0.717) is 5.06 Å². The van der Waals surface area contributed by atoms with Crippen molar-refractivity contribution in [3.05, 3.63) is 52.9 Å². The first-order chi connectivity index (χ1) is 10.5. The predicted molar refractivity (Wildman–Crippen MR) is 67.4 cm³/mol. The van der Waals surface area contributed by atoms with Gasteiger partial charge in [-0.2, -0.15) is 0 Å². The average molecular weight is 301 g/mol. The Morgan fingerprint density at radius 3 is 2.23 bits per heavy atom. The lowest BCUT2D eigenvalue weighted by atomic mass is 10.1. The number of nitrogens with zero attached hydrogens (tertiary/aromatic N) is 2. The minimum atomic E-state index is -1.16.